The van der Waals surface area contributed by atoms with Gasteiger partial charge in [0.25, 0.3) is 5.91 Å². The second kappa shape index (κ2) is 8.01. The number of amides is 1. The molecular weight excluding hydrogens is 354 g/mol. The van der Waals surface area contributed by atoms with E-state index in [-0.39, 0.29) is 18.6 Å². The molecule has 0 spiro atoms. The molecule has 0 radical (unpaired) electrons. The van der Waals surface area contributed by atoms with E-state index >= 15 is 0 Å². The molecule has 1 amide bonds. The highest BCUT2D eigenvalue weighted by Crippen LogP contribution is 2.18. The number of rotatable bonds is 6. The van der Waals surface area contributed by atoms with Crippen LogP contribution in [0.5, 0.6) is 5.75 Å². The van der Waals surface area contributed by atoms with E-state index in [0.717, 1.165) is 11.3 Å². The second-order valence-corrected chi connectivity index (χ2v) is 6.33. The molecule has 2 aromatic carbocycles. The first-order valence-corrected chi connectivity index (χ1v) is 8.52. The molecule has 3 aromatic rings. The molecule has 6 nitrogen and oxygen atoms in total. The molecule has 0 aliphatic carbocycles. The summed E-state index contributed by atoms with van der Waals surface area (Å²) in [5.74, 6) is 1.26. The highest BCUT2D eigenvalue weighted by Gasteiger charge is 2.11. The van der Waals surface area contributed by atoms with Crippen LogP contribution in [0.2, 0.25) is 5.02 Å². The molecule has 1 N–H and O–H groups in total. The largest absolute Gasteiger partial charge is 0.491 e. The average Bonchev–Trinajstić information content (AvgIpc) is 3.09. The average molecular weight is 372 g/mol. The van der Waals surface area contributed by atoms with Crippen LogP contribution in [0, 0.1) is 0 Å². The zero-order valence-electron chi connectivity index (χ0n) is 14.4. The number of nitrogens with zero attached hydrogens (tertiary/aromatic N) is 2. The maximum Gasteiger partial charge on any atom is 0.251 e. The number of hydrogen-bond acceptors (Lipinski definition) is 5. The summed E-state index contributed by atoms with van der Waals surface area (Å²) in [5.41, 5.74) is 1.31. The zero-order valence-corrected chi connectivity index (χ0v) is 15.2. The third-order valence-corrected chi connectivity index (χ3v) is 3.71. The van der Waals surface area contributed by atoms with Crippen LogP contribution in [0.4, 0.5) is 0 Å². The molecule has 0 saturated heterocycles. The molecule has 0 aliphatic rings. The predicted octanol–water partition coefficient (Wildman–Crippen LogP) is 4.11. The summed E-state index contributed by atoms with van der Waals surface area (Å²) in [6.07, 6.45) is 0.0852. The molecule has 7 heteroatoms. The monoisotopic (exact) mass is 371 g/mol. The number of carbonyl (C=O) groups excluding carboxylic acids is 1. The van der Waals surface area contributed by atoms with Crippen LogP contribution in [0.25, 0.3) is 11.4 Å². The van der Waals surface area contributed by atoms with Crippen molar-refractivity contribution in [1.82, 2.24) is 15.5 Å². The Labute approximate surface area is 156 Å². The zero-order chi connectivity index (χ0) is 18.5. The molecule has 0 aliphatic heterocycles. The Hall–Kier alpha value is -2.86. The van der Waals surface area contributed by atoms with Gasteiger partial charge in [-0.3, -0.25) is 4.79 Å². The van der Waals surface area contributed by atoms with Crippen LogP contribution in [0.1, 0.15) is 30.1 Å². The van der Waals surface area contributed by atoms with Gasteiger partial charge in [-0.05, 0) is 62.4 Å². The Balaban J connectivity index is 1.58. The van der Waals surface area contributed by atoms with Crippen molar-refractivity contribution in [3.8, 4) is 17.1 Å². The summed E-state index contributed by atoms with van der Waals surface area (Å²) in [4.78, 5) is 16.5. The van der Waals surface area contributed by atoms with Gasteiger partial charge in [-0.2, -0.15) is 4.98 Å². The van der Waals surface area contributed by atoms with E-state index in [9.17, 15) is 4.79 Å². The third-order valence-electron chi connectivity index (χ3n) is 3.46. The van der Waals surface area contributed by atoms with Gasteiger partial charge in [-0.15, -0.1) is 0 Å². The summed E-state index contributed by atoms with van der Waals surface area (Å²) in [5, 5.41) is 7.30. The number of ether oxygens (including phenoxy) is 1. The first-order chi connectivity index (χ1) is 12.5. The lowest BCUT2D eigenvalue weighted by Gasteiger charge is -2.09. The van der Waals surface area contributed by atoms with Gasteiger partial charge in [0, 0.05) is 16.1 Å². The van der Waals surface area contributed by atoms with Crippen LogP contribution in [-0.4, -0.2) is 22.2 Å². The van der Waals surface area contributed by atoms with Crippen molar-refractivity contribution < 1.29 is 14.1 Å². The first kappa shape index (κ1) is 17.9. The van der Waals surface area contributed by atoms with Crippen molar-refractivity contribution in [3.63, 3.8) is 0 Å². The van der Waals surface area contributed by atoms with Gasteiger partial charge >= 0.3 is 0 Å². The van der Waals surface area contributed by atoms with E-state index in [1.807, 2.05) is 13.8 Å². The Morgan fingerprint density at radius 3 is 2.50 bits per heavy atom. The molecule has 0 fully saturated rings. The van der Waals surface area contributed by atoms with Gasteiger partial charge in [0.15, 0.2) is 0 Å². The number of benzene rings is 2. The van der Waals surface area contributed by atoms with Gasteiger partial charge < -0.3 is 14.6 Å². The molecule has 0 bridgehead atoms. The normalized spacial score (nSPS) is 10.8. The number of hydrogen-bond donors (Lipinski definition) is 1. The molecule has 0 unspecified atom stereocenters. The number of halogens is 1. The highest BCUT2D eigenvalue weighted by atomic mass is 35.5. The maximum absolute atomic E-state index is 12.2. The molecule has 1 aromatic heterocycles. The van der Waals surface area contributed by atoms with E-state index in [4.69, 9.17) is 20.9 Å². The van der Waals surface area contributed by atoms with Crippen molar-refractivity contribution in [2.45, 2.75) is 26.5 Å². The summed E-state index contributed by atoms with van der Waals surface area (Å²) in [7, 11) is 0. The summed E-state index contributed by atoms with van der Waals surface area (Å²) >= 11 is 5.86. The minimum Gasteiger partial charge on any atom is -0.491 e. The van der Waals surface area contributed by atoms with Crippen LogP contribution >= 0.6 is 11.6 Å². The van der Waals surface area contributed by atoms with E-state index in [0.29, 0.717) is 22.3 Å². The minimum atomic E-state index is -0.229. The van der Waals surface area contributed by atoms with Gasteiger partial charge in [0.05, 0.1) is 12.6 Å². The molecular formula is C19H18ClN3O3. The molecule has 134 valence electrons. The van der Waals surface area contributed by atoms with Gasteiger partial charge in [-0.25, -0.2) is 0 Å². The van der Waals surface area contributed by atoms with E-state index < -0.39 is 0 Å². The molecule has 0 atom stereocenters. The summed E-state index contributed by atoms with van der Waals surface area (Å²) in [6.45, 7) is 4.04. The molecule has 26 heavy (non-hydrogen) atoms. The van der Waals surface area contributed by atoms with Crippen LogP contribution in [0.3, 0.4) is 0 Å². The Morgan fingerprint density at radius 2 is 1.85 bits per heavy atom. The van der Waals surface area contributed by atoms with Crippen molar-refractivity contribution in [1.29, 1.82) is 0 Å². The number of nitrogens with one attached hydrogen (secondary N) is 1. The standard InChI is InChI=1S/C19H18ClN3O3/c1-12(2)25-16-9-5-14(6-10-16)19(24)21-11-17-22-18(23-26-17)13-3-7-15(20)8-4-13/h3-10,12H,11H2,1-2H3,(H,21,24). The van der Waals surface area contributed by atoms with Crippen molar-refractivity contribution in [3.05, 3.63) is 65.0 Å². The number of aromatic nitrogens is 2. The lowest BCUT2D eigenvalue weighted by atomic mass is 10.2. The third kappa shape index (κ3) is 4.61. The minimum absolute atomic E-state index is 0.0852. The molecule has 0 saturated carbocycles. The van der Waals surface area contributed by atoms with Gasteiger partial charge in [0.1, 0.15) is 5.75 Å². The molecule has 1 heterocycles. The van der Waals surface area contributed by atoms with Crippen molar-refractivity contribution >= 4 is 17.5 Å². The van der Waals surface area contributed by atoms with E-state index in [1.165, 1.54) is 0 Å². The predicted molar refractivity (Wildman–Crippen MR) is 98.1 cm³/mol. The SMILES string of the molecule is CC(C)Oc1ccc(C(=O)NCc2nc(-c3ccc(Cl)cc3)no2)cc1. The Kier molecular flexibility index (Phi) is 5.53. The van der Waals surface area contributed by atoms with Crippen molar-refractivity contribution in [2.75, 3.05) is 0 Å². The number of carbonyl (C=O) groups is 1. The lowest BCUT2D eigenvalue weighted by molar-refractivity contribution is 0.0946. The van der Waals surface area contributed by atoms with E-state index in [1.54, 1.807) is 48.5 Å². The quantitative estimate of drug-likeness (QED) is 0.705. The fraction of sp³-hybridized carbons (Fsp3) is 0.211. The van der Waals surface area contributed by atoms with Crippen LogP contribution in [0.15, 0.2) is 53.1 Å². The second-order valence-electron chi connectivity index (χ2n) is 5.89. The highest BCUT2D eigenvalue weighted by molar-refractivity contribution is 6.30. The summed E-state index contributed by atoms with van der Waals surface area (Å²) < 4.78 is 10.7. The fourth-order valence-electron chi connectivity index (χ4n) is 2.26. The summed E-state index contributed by atoms with van der Waals surface area (Å²) in [6, 6.07) is 14.1. The van der Waals surface area contributed by atoms with Crippen molar-refractivity contribution in [2.24, 2.45) is 0 Å². The smallest absolute Gasteiger partial charge is 0.251 e. The Morgan fingerprint density at radius 1 is 1.15 bits per heavy atom. The van der Waals surface area contributed by atoms with Crippen LogP contribution in [-0.2, 0) is 6.54 Å². The molecule has 3 rings (SSSR count). The van der Waals surface area contributed by atoms with Gasteiger partial charge in [0.2, 0.25) is 11.7 Å². The topological polar surface area (TPSA) is 77.2 Å². The van der Waals surface area contributed by atoms with Gasteiger partial charge in [-0.1, -0.05) is 16.8 Å². The Bertz CT molecular complexity index is 874. The van der Waals surface area contributed by atoms with E-state index in [2.05, 4.69) is 15.5 Å². The van der Waals surface area contributed by atoms with Crippen LogP contribution < -0.4 is 10.1 Å². The maximum atomic E-state index is 12.2. The lowest BCUT2D eigenvalue weighted by Crippen LogP contribution is -2.22. The fourth-order valence-corrected chi connectivity index (χ4v) is 2.38. The first-order valence-electron chi connectivity index (χ1n) is 8.14.